The van der Waals surface area contributed by atoms with Crippen LogP contribution >= 0.6 is 0 Å². The average Bonchev–Trinajstić information content (AvgIpc) is 2.98. The fourth-order valence-corrected chi connectivity index (χ4v) is 4.05. The molecule has 4 heteroatoms. The predicted octanol–water partition coefficient (Wildman–Crippen LogP) is 3.95. The number of benzene rings is 2. The maximum atomic E-state index is 12.0. The van der Waals surface area contributed by atoms with Gasteiger partial charge < -0.3 is 19.5 Å². The Balaban J connectivity index is 2.07. The molecule has 0 saturated heterocycles. The molecule has 1 N–H and O–H groups in total. The molecule has 0 spiro atoms. The quantitative estimate of drug-likeness (QED) is 0.840. The van der Waals surface area contributed by atoms with Gasteiger partial charge in [-0.1, -0.05) is 30.3 Å². The lowest BCUT2D eigenvalue weighted by atomic mass is 9.80. The summed E-state index contributed by atoms with van der Waals surface area (Å²) in [6, 6.07) is 15.7. The lowest BCUT2D eigenvalue weighted by Gasteiger charge is -2.34. The maximum Gasteiger partial charge on any atom is 0.119 e. The van der Waals surface area contributed by atoms with Crippen LogP contribution in [0.15, 0.2) is 54.1 Å². The molecule has 144 valence electrons. The molecular weight excluding hydrogens is 338 g/mol. The first-order chi connectivity index (χ1) is 13.0. The number of nitrogens with zero attached hydrogens (tertiary/aromatic N) is 1. The molecule has 1 fully saturated rings. The minimum Gasteiger partial charge on any atom is -0.497 e. The normalized spacial score (nSPS) is 23.8. The van der Waals surface area contributed by atoms with E-state index in [-0.39, 0.29) is 5.92 Å². The Morgan fingerprint density at radius 2 is 1.74 bits per heavy atom. The fraction of sp³-hybridized carbons (Fsp3) is 0.391. The van der Waals surface area contributed by atoms with Crippen LogP contribution in [0.1, 0.15) is 24.0 Å². The van der Waals surface area contributed by atoms with E-state index < -0.39 is 5.60 Å². The van der Waals surface area contributed by atoms with E-state index in [0.29, 0.717) is 0 Å². The summed E-state index contributed by atoms with van der Waals surface area (Å²) in [4.78, 5) is 2.14. The molecular formula is C23H29NO3. The van der Waals surface area contributed by atoms with Gasteiger partial charge in [-0.2, -0.15) is 0 Å². The largest absolute Gasteiger partial charge is 0.497 e. The lowest BCUT2D eigenvalue weighted by Crippen LogP contribution is -2.37. The van der Waals surface area contributed by atoms with Crippen LogP contribution in [-0.2, 0) is 5.60 Å². The molecule has 2 aromatic carbocycles. The minimum atomic E-state index is -1.01. The first kappa shape index (κ1) is 19.5. The fourth-order valence-electron chi connectivity index (χ4n) is 4.05. The smallest absolute Gasteiger partial charge is 0.119 e. The number of aliphatic hydroxyl groups is 1. The Bertz CT molecular complexity index is 815. The van der Waals surface area contributed by atoms with Gasteiger partial charge in [-0.05, 0) is 67.9 Å². The molecule has 1 aliphatic carbocycles. The third-order valence-electron chi connectivity index (χ3n) is 5.37. The van der Waals surface area contributed by atoms with E-state index in [1.54, 1.807) is 14.2 Å². The molecule has 2 atom stereocenters. The van der Waals surface area contributed by atoms with Crippen LogP contribution in [0.3, 0.4) is 0 Å². The van der Waals surface area contributed by atoms with E-state index in [2.05, 4.69) is 25.1 Å². The second-order valence-corrected chi connectivity index (χ2v) is 7.44. The third kappa shape index (κ3) is 4.02. The highest BCUT2D eigenvalue weighted by Gasteiger charge is 2.46. The molecule has 2 unspecified atom stereocenters. The number of hydrogen-bond acceptors (Lipinski definition) is 4. The summed E-state index contributed by atoms with van der Waals surface area (Å²) in [5.74, 6) is 1.70. The third-order valence-corrected chi connectivity index (χ3v) is 5.37. The highest BCUT2D eigenvalue weighted by molar-refractivity contribution is 5.59. The Kier molecular flexibility index (Phi) is 5.88. The van der Waals surface area contributed by atoms with Crippen LogP contribution in [-0.4, -0.2) is 44.9 Å². The van der Waals surface area contributed by atoms with Gasteiger partial charge in [0.05, 0.1) is 14.2 Å². The molecule has 0 radical (unpaired) electrons. The summed E-state index contributed by atoms with van der Waals surface area (Å²) in [7, 11) is 7.43. The van der Waals surface area contributed by atoms with Gasteiger partial charge in [-0.3, -0.25) is 0 Å². The zero-order valence-corrected chi connectivity index (χ0v) is 16.6. The van der Waals surface area contributed by atoms with Gasteiger partial charge in [-0.25, -0.2) is 0 Å². The van der Waals surface area contributed by atoms with Crippen molar-refractivity contribution in [2.75, 3.05) is 34.9 Å². The summed E-state index contributed by atoms with van der Waals surface area (Å²) in [5.41, 5.74) is 1.95. The van der Waals surface area contributed by atoms with E-state index in [1.165, 1.54) is 0 Å². The molecule has 0 aliphatic heterocycles. The van der Waals surface area contributed by atoms with Gasteiger partial charge >= 0.3 is 0 Å². The Morgan fingerprint density at radius 1 is 1.07 bits per heavy atom. The van der Waals surface area contributed by atoms with Crippen LogP contribution in [0.2, 0.25) is 0 Å². The topological polar surface area (TPSA) is 41.9 Å². The van der Waals surface area contributed by atoms with Crippen molar-refractivity contribution in [1.29, 1.82) is 0 Å². The summed E-state index contributed by atoms with van der Waals surface area (Å²) >= 11 is 0. The summed E-state index contributed by atoms with van der Waals surface area (Å²) in [6.45, 7) is 0.823. The van der Waals surface area contributed by atoms with Crippen molar-refractivity contribution in [3.63, 3.8) is 0 Å². The Labute approximate surface area is 162 Å². The molecule has 2 aromatic rings. The van der Waals surface area contributed by atoms with Crippen molar-refractivity contribution in [2.24, 2.45) is 5.92 Å². The molecule has 4 nitrogen and oxygen atoms in total. The van der Waals surface area contributed by atoms with E-state index in [0.717, 1.165) is 47.6 Å². The van der Waals surface area contributed by atoms with E-state index in [9.17, 15) is 5.11 Å². The van der Waals surface area contributed by atoms with Gasteiger partial charge in [0.15, 0.2) is 0 Å². The molecule has 1 saturated carbocycles. The number of hydrogen-bond donors (Lipinski definition) is 1. The van der Waals surface area contributed by atoms with E-state index in [4.69, 9.17) is 9.47 Å². The van der Waals surface area contributed by atoms with Gasteiger partial charge in [0, 0.05) is 12.5 Å². The van der Waals surface area contributed by atoms with Crippen LogP contribution in [0.5, 0.6) is 11.5 Å². The van der Waals surface area contributed by atoms with Crippen LogP contribution in [0.4, 0.5) is 0 Å². The van der Waals surface area contributed by atoms with Gasteiger partial charge in [0.1, 0.15) is 17.1 Å². The van der Waals surface area contributed by atoms with E-state index >= 15 is 0 Å². The van der Waals surface area contributed by atoms with Gasteiger partial charge in [0.2, 0.25) is 0 Å². The molecule has 3 rings (SSSR count). The van der Waals surface area contributed by atoms with Crippen LogP contribution in [0.25, 0.3) is 6.08 Å². The van der Waals surface area contributed by atoms with E-state index in [1.807, 2.05) is 48.5 Å². The van der Waals surface area contributed by atoms with Gasteiger partial charge in [0.25, 0.3) is 0 Å². The average molecular weight is 367 g/mol. The highest BCUT2D eigenvalue weighted by Crippen LogP contribution is 2.49. The molecule has 0 heterocycles. The highest BCUT2D eigenvalue weighted by atomic mass is 16.5. The van der Waals surface area contributed by atoms with Crippen molar-refractivity contribution < 1.29 is 14.6 Å². The molecule has 0 aromatic heterocycles. The second-order valence-electron chi connectivity index (χ2n) is 7.44. The van der Waals surface area contributed by atoms with Crippen LogP contribution in [0, 0.1) is 5.92 Å². The summed E-state index contributed by atoms with van der Waals surface area (Å²) < 4.78 is 10.7. The summed E-state index contributed by atoms with van der Waals surface area (Å²) in [5, 5.41) is 12.0. The first-order valence-electron chi connectivity index (χ1n) is 9.34. The van der Waals surface area contributed by atoms with Crippen LogP contribution < -0.4 is 9.47 Å². The van der Waals surface area contributed by atoms with Crippen molar-refractivity contribution in [3.05, 3.63) is 65.2 Å². The van der Waals surface area contributed by atoms with Crippen molar-refractivity contribution in [3.8, 4) is 11.5 Å². The van der Waals surface area contributed by atoms with Crippen molar-refractivity contribution >= 4 is 6.08 Å². The molecule has 0 amide bonds. The SMILES string of the molecule is COc1cccc(/C=C2\CCC(CN(C)C)C2(O)c2cccc(OC)c2)c1. The van der Waals surface area contributed by atoms with Crippen molar-refractivity contribution in [2.45, 2.75) is 18.4 Å². The predicted molar refractivity (Wildman–Crippen MR) is 109 cm³/mol. The lowest BCUT2D eigenvalue weighted by molar-refractivity contribution is 0.0215. The summed E-state index contributed by atoms with van der Waals surface area (Å²) in [6.07, 6.45) is 3.92. The Morgan fingerprint density at radius 3 is 2.41 bits per heavy atom. The van der Waals surface area contributed by atoms with Crippen molar-refractivity contribution in [1.82, 2.24) is 4.90 Å². The zero-order chi connectivity index (χ0) is 19.4. The molecule has 0 bridgehead atoms. The second kappa shape index (κ2) is 8.15. The molecule has 27 heavy (non-hydrogen) atoms. The van der Waals surface area contributed by atoms with Gasteiger partial charge in [-0.15, -0.1) is 0 Å². The zero-order valence-electron chi connectivity index (χ0n) is 16.6. The number of rotatable bonds is 6. The standard InChI is InChI=1S/C23H29NO3/c1-24(2)16-20-12-11-19(13-17-7-5-9-21(14-17)26-3)23(20,25)18-8-6-10-22(15-18)27-4/h5-10,13-15,20,25H,11-12,16H2,1-4H3/b19-13+. The monoisotopic (exact) mass is 367 g/mol. The number of methoxy groups -OCH3 is 2. The first-order valence-corrected chi connectivity index (χ1v) is 9.34. The minimum absolute atomic E-state index is 0.122. The Hall–Kier alpha value is -2.30. The number of ether oxygens (including phenoxy) is 2. The maximum absolute atomic E-state index is 12.0. The molecule has 1 aliphatic rings.